The lowest BCUT2D eigenvalue weighted by molar-refractivity contribution is -0.151. The number of benzene rings is 1. The van der Waals surface area contributed by atoms with Gasteiger partial charge in [0.25, 0.3) is 0 Å². The molecule has 0 bridgehead atoms. The quantitative estimate of drug-likeness (QED) is 0.739. The van der Waals surface area contributed by atoms with E-state index in [4.69, 9.17) is 4.74 Å². The van der Waals surface area contributed by atoms with Crippen LogP contribution in [0, 0.1) is 12.3 Å². The predicted molar refractivity (Wildman–Crippen MR) is 78.2 cm³/mol. The second-order valence-electron chi connectivity index (χ2n) is 5.79. The van der Waals surface area contributed by atoms with Crippen LogP contribution in [0.5, 0.6) is 0 Å². The average molecular weight is 263 g/mol. The van der Waals surface area contributed by atoms with Gasteiger partial charge in [-0.3, -0.25) is 4.79 Å². The number of ether oxygens (including phenoxy) is 1. The molecule has 1 aromatic rings. The number of nitrogens with zero attached hydrogens (tertiary/aromatic N) is 1. The summed E-state index contributed by atoms with van der Waals surface area (Å²) in [7, 11) is 3.49. The largest absolute Gasteiger partial charge is 0.469 e. The molecule has 0 saturated carbocycles. The van der Waals surface area contributed by atoms with Gasteiger partial charge >= 0.3 is 5.97 Å². The molecule has 0 saturated heterocycles. The molecule has 0 amide bonds. The summed E-state index contributed by atoms with van der Waals surface area (Å²) in [6.07, 6.45) is 1.00. The summed E-state index contributed by atoms with van der Waals surface area (Å²) in [6, 6.07) is 8.42. The summed E-state index contributed by atoms with van der Waals surface area (Å²) in [5.41, 5.74) is 2.23. The highest BCUT2D eigenvalue weighted by Crippen LogP contribution is 2.18. The van der Waals surface area contributed by atoms with Crippen LogP contribution in [0.15, 0.2) is 24.3 Å². The summed E-state index contributed by atoms with van der Waals surface area (Å²) in [4.78, 5) is 13.8. The Balaban J connectivity index is 2.50. The number of carbonyl (C=O) groups excluding carboxylic acids is 1. The van der Waals surface area contributed by atoms with Crippen molar-refractivity contribution in [2.75, 3.05) is 27.2 Å². The smallest absolute Gasteiger partial charge is 0.312 e. The highest BCUT2D eigenvalue weighted by Gasteiger charge is 2.29. The van der Waals surface area contributed by atoms with Gasteiger partial charge in [0, 0.05) is 13.1 Å². The molecular formula is C16H25NO2. The predicted octanol–water partition coefficient (Wildman–Crippen LogP) is 2.67. The van der Waals surface area contributed by atoms with Gasteiger partial charge in [0.1, 0.15) is 0 Å². The first-order valence-corrected chi connectivity index (χ1v) is 6.68. The number of methoxy groups -OCH3 is 1. The van der Waals surface area contributed by atoms with Crippen LogP contribution < -0.4 is 0 Å². The molecule has 0 unspecified atom stereocenters. The summed E-state index contributed by atoms with van der Waals surface area (Å²) < 4.78 is 4.83. The molecule has 0 aliphatic rings. The number of carbonyl (C=O) groups is 1. The third-order valence-corrected chi connectivity index (χ3v) is 3.43. The van der Waals surface area contributed by atoms with E-state index in [2.05, 4.69) is 36.1 Å². The van der Waals surface area contributed by atoms with E-state index in [0.29, 0.717) is 6.54 Å². The third-order valence-electron chi connectivity index (χ3n) is 3.43. The first kappa shape index (κ1) is 15.7. The van der Waals surface area contributed by atoms with Gasteiger partial charge in [-0.05, 0) is 45.4 Å². The van der Waals surface area contributed by atoms with Gasteiger partial charge in [-0.15, -0.1) is 0 Å². The highest BCUT2D eigenvalue weighted by atomic mass is 16.5. The molecule has 0 radical (unpaired) electrons. The Morgan fingerprint density at radius 2 is 1.95 bits per heavy atom. The van der Waals surface area contributed by atoms with Crippen LogP contribution in [0.25, 0.3) is 0 Å². The Morgan fingerprint density at radius 3 is 2.53 bits per heavy atom. The molecule has 0 fully saturated rings. The third kappa shape index (κ3) is 4.67. The molecule has 106 valence electrons. The maximum absolute atomic E-state index is 11.6. The maximum Gasteiger partial charge on any atom is 0.312 e. The zero-order valence-electron chi connectivity index (χ0n) is 12.7. The first-order chi connectivity index (χ1) is 8.86. The summed E-state index contributed by atoms with van der Waals surface area (Å²) in [6.45, 7) is 7.61. The van der Waals surface area contributed by atoms with E-state index < -0.39 is 5.41 Å². The molecular weight excluding hydrogens is 238 g/mol. The second kappa shape index (κ2) is 6.71. The van der Waals surface area contributed by atoms with Crippen LogP contribution in [-0.4, -0.2) is 38.1 Å². The fraction of sp³-hybridized carbons (Fsp3) is 0.562. The van der Waals surface area contributed by atoms with Crippen molar-refractivity contribution in [3.8, 4) is 0 Å². The lowest BCUT2D eigenvalue weighted by atomic mass is 9.93. The van der Waals surface area contributed by atoms with Crippen molar-refractivity contribution in [2.24, 2.45) is 5.41 Å². The van der Waals surface area contributed by atoms with E-state index in [1.165, 1.54) is 18.2 Å². The van der Waals surface area contributed by atoms with E-state index in [-0.39, 0.29) is 5.97 Å². The normalized spacial score (nSPS) is 11.7. The highest BCUT2D eigenvalue weighted by molar-refractivity contribution is 5.76. The topological polar surface area (TPSA) is 29.5 Å². The van der Waals surface area contributed by atoms with Gasteiger partial charge in [0.2, 0.25) is 0 Å². The zero-order valence-corrected chi connectivity index (χ0v) is 12.7. The molecule has 3 heteroatoms. The molecule has 0 aromatic heterocycles. The zero-order chi connectivity index (χ0) is 14.5. The molecule has 19 heavy (non-hydrogen) atoms. The average Bonchev–Trinajstić information content (AvgIpc) is 2.36. The molecule has 3 nitrogen and oxygen atoms in total. The molecule has 0 aliphatic carbocycles. The van der Waals surface area contributed by atoms with Gasteiger partial charge in [0.05, 0.1) is 12.5 Å². The van der Waals surface area contributed by atoms with Crippen LogP contribution in [0.3, 0.4) is 0 Å². The van der Waals surface area contributed by atoms with Gasteiger partial charge in [-0.2, -0.15) is 0 Å². The number of hydrogen-bond donors (Lipinski definition) is 0. The van der Waals surface area contributed by atoms with Crippen LogP contribution in [-0.2, 0) is 16.0 Å². The van der Waals surface area contributed by atoms with Crippen molar-refractivity contribution in [1.29, 1.82) is 0 Å². The Bertz CT molecular complexity index is 427. The van der Waals surface area contributed by atoms with Crippen molar-refractivity contribution < 1.29 is 9.53 Å². The Kier molecular flexibility index (Phi) is 5.55. The maximum atomic E-state index is 11.6. The SMILES string of the molecule is COC(=O)C(C)(C)CN(C)CCc1ccccc1C. The second-order valence-corrected chi connectivity index (χ2v) is 5.79. The van der Waals surface area contributed by atoms with Crippen molar-refractivity contribution in [1.82, 2.24) is 4.90 Å². The van der Waals surface area contributed by atoms with Crippen LogP contribution in [0.1, 0.15) is 25.0 Å². The summed E-state index contributed by atoms with van der Waals surface area (Å²) in [5, 5.41) is 0. The lowest BCUT2D eigenvalue weighted by Gasteiger charge is -2.27. The monoisotopic (exact) mass is 263 g/mol. The molecule has 0 spiro atoms. The fourth-order valence-electron chi connectivity index (χ4n) is 2.30. The molecule has 0 atom stereocenters. The number of esters is 1. The Morgan fingerprint density at radius 1 is 1.32 bits per heavy atom. The molecule has 1 aromatic carbocycles. The number of rotatable bonds is 6. The number of likely N-dealkylation sites (N-methyl/N-ethyl adjacent to an activating group) is 1. The van der Waals surface area contributed by atoms with Crippen LogP contribution in [0.2, 0.25) is 0 Å². The number of hydrogen-bond acceptors (Lipinski definition) is 3. The fourth-order valence-corrected chi connectivity index (χ4v) is 2.30. The van der Waals surface area contributed by atoms with E-state index >= 15 is 0 Å². The molecule has 0 heterocycles. The minimum absolute atomic E-state index is 0.157. The minimum atomic E-state index is -0.463. The molecule has 0 aliphatic heterocycles. The summed E-state index contributed by atoms with van der Waals surface area (Å²) in [5.74, 6) is -0.157. The summed E-state index contributed by atoms with van der Waals surface area (Å²) >= 11 is 0. The van der Waals surface area contributed by atoms with Crippen molar-refractivity contribution in [2.45, 2.75) is 27.2 Å². The molecule has 1 rings (SSSR count). The van der Waals surface area contributed by atoms with E-state index in [0.717, 1.165) is 13.0 Å². The van der Waals surface area contributed by atoms with E-state index in [1.54, 1.807) is 0 Å². The first-order valence-electron chi connectivity index (χ1n) is 6.68. The van der Waals surface area contributed by atoms with Crippen molar-refractivity contribution in [3.63, 3.8) is 0 Å². The minimum Gasteiger partial charge on any atom is -0.469 e. The number of aryl methyl sites for hydroxylation is 1. The Hall–Kier alpha value is -1.35. The van der Waals surface area contributed by atoms with E-state index in [9.17, 15) is 4.79 Å². The Labute approximate surface area is 116 Å². The van der Waals surface area contributed by atoms with Gasteiger partial charge in [0.15, 0.2) is 0 Å². The van der Waals surface area contributed by atoms with Crippen LogP contribution in [0.4, 0.5) is 0 Å². The van der Waals surface area contributed by atoms with Gasteiger partial charge in [-0.25, -0.2) is 0 Å². The van der Waals surface area contributed by atoms with Crippen molar-refractivity contribution >= 4 is 5.97 Å². The van der Waals surface area contributed by atoms with Crippen LogP contribution >= 0.6 is 0 Å². The van der Waals surface area contributed by atoms with E-state index in [1.807, 2.05) is 20.9 Å². The lowest BCUT2D eigenvalue weighted by Crippen LogP contribution is -2.38. The van der Waals surface area contributed by atoms with Crippen molar-refractivity contribution in [3.05, 3.63) is 35.4 Å². The molecule has 0 N–H and O–H groups in total. The van der Waals surface area contributed by atoms with Gasteiger partial charge < -0.3 is 9.64 Å². The van der Waals surface area contributed by atoms with Gasteiger partial charge in [-0.1, -0.05) is 24.3 Å². The standard InChI is InChI=1S/C16H25NO2/c1-13-8-6-7-9-14(13)10-11-17(4)12-16(2,3)15(18)19-5/h6-9H,10-12H2,1-5H3.